The number of anilines is 1. The summed E-state index contributed by atoms with van der Waals surface area (Å²) in [7, 11) is 1.57. The molecule has 1 N–H and O–H groups in total. The molecule has 4 aromatic rings. The quantitative estimate of drug-likeness (QED) is 0.447. The number of carboxylic acid groups (broad SMARTS) is 1. The Morgan fingerprint density at radius 2 is 1.55 bits per heavy atom. The van der Waals surface area contributed by atoms with Crippen molar-refractivity contribution in [3.05, 3.63) is 102 Å². The normalized spacial score (nSPS) is 10.1. The molecule has 1 aromatic heterocycles. The molecule has 1 amide bonds. The minimum absolute atomic E-state index is 0. The SMILES string of the molecule is COc1cccc(-c2ccc(C(=O)[O-])c(NC(=O)c3cncc(-c4ccccc4)c3)c2)c1.[Na+]. The Balaban J connectivity index is 0.00000306. The monoisotopic (exact) mass is 446 g/mol. The average molecular weight is 446 g/mol. The Morgan fingerprint density at radius 1 is 0.818 bits per heavy atom. The second kappa shape index (κ2) is 10.9. The first-order chi connectivity index (χ1) is 15.5. The molecule has 0 bridgehead atoms. The number of carbonyl (C=O) groups is 2. The number of amides is 1. The minimum atomic E-state index is -1.38. The zero-order chi connectivity index (χ0) is 22.5. The number of carboxylic acids is 1. The predicted molar refractivity (Wildman–Crippen MR) is 120 cm³/mol. The molecule has 158 valence electrons. The summed E-state index contributed by atoms with van der Waals surface area (Å²) in [5, 5.41) is 14.3. The van der Waals surface area contributed by atoms with Gasteiger partial charge >= 0.3 is 29.6 Å². The molecule has 6 nitrogen and oxygen atoms in total. The van der Waals surface area contributed by atoms with Gasteiger partial charge in [0.25, 0.3) is 5.91 Å². The van der Waals surface area contributed by atoms with E-state index in [1.807, 2.05) is 54.6 Å². The maximum absolute atomic E-state index is 12.9. The molecular weight excluding hydrogens is 427 g/mol. The van der Waals surface area contributed by atoms with Crippen molar-refractivity contribution < 1.29 is 49.0 Å². The van der Waals surface area contributed by atoms with Crippen molar-refractivity contribution in [2.75, 3.05) is 12.4 Å². The van der Waals surface area contributed by atoms with Gasteiger partial charge in [-0.05, 0) is 41.0 Å². The molecular formula is C26H19N2NaO4. The number of aromatic carboxylic acids is 1. The third kappa shape index (κ3) is 5.68. The van der Waals surface area contributed by atoms with E-state index in [1.54, 1.807) is 31.5 Å². The first-order valence-corrected chi connectivity index (χ1v) is 9.87. The van der Waals surface area contributed by atoms with E-state index in [1.165, 1.54) is 12.3 Å². The molecule has 0 unspecified atom stereocenters. The first-order valence-electron chi connectivity index (χ1n) is 9.87. The molecule has 3 aromatic carbocycles. The van der Waals surface area contributed by atoms with Gasteiger partial charge in [0, 0.05) is 23.5 Å². The number of pyridine rings is 1. The number of nitrogens with one attached hydrogen (secondary N) is 1. The third-order valence-electron chi connectivity index (χ3n) is 5.00. The van der Waals surface area contributed by atoms with Crippen molar-refractivity contribution in [2.45, 2.75) is 0 Å². The molecule has 0 aliphatic heterocycles. The fraction of sp³-hybridized carbons (Fsp3) is 0.0385. The number of aromatic nitrogens is 1. The van der Waals surface area contributed by atoms with E-state index in [-0.39, 0.29) is 40.8 Å². The van der Waals surface area contributed by atoms with Crippen LogP contribution in [-0.2, 0) is 0 Å². The second-order valence-corrected chi connectivity index (χ2v) is 7.06. The predicted octanol–water partition coefficient (Wildman–Crippen LogP) is 1.04. The number of hydrogen-bond acceptors (Lipinski definition) is 5. The number of ether oxygens (including phenoxy) is 1. The molecule has 0 fully saturated rings. The Hall–Kier alpha value is -3.45. The maximum Gasteiger partial charge on any atom is 1.00 e. The van der Waals surface area contributed by atoms with Crippen LogP contribution in [0.25, 0.3) is 22.3 Å². The van der Waals surface area contributed by atoms with Crippen molar-refractivity contribution in [3.8, 4) is 28.0 Å². The van der Waals surface area contributed by atoms with E-state index in [4.69, 9.17) is 4.74 Å². The number of rotatable bonds is 6. The Morgan fingerprint density at radius 3 is 2.27 bits per heavy atom. The molecule has 0 atom stereocenters. The third-order valence-corrected chi connectivity index (χ3v) is 5.00. The molecule has 0 radical (unpaired) electrons. The van der Waals surface area contributed by atoms with Gasteiger partial charge in [0.05, 0.1) is 24.3 Å². The molecule has 0 saturated carbocycles. The van der Waals surface area contributed by atoms with Crippen molar-refractivity contribution in [1.29, 1.82) is 0 Å². The summed E-state index contributed by atoms with van der Waals surface area (Å²) in [5.41, 5.74) is 3.58. The van der Waals surface area contributed by atoms with Crippen molar-refractivity contribution in [1.82, 2.24) is 4.98 Å². The van der Waals surface area contributed by atoms with Crippen LogP contribution in [0.3, 0.4) is 0 Å². The Labute approximate surface area is 213 Å². The fourth-order valence-electron chi connectivity index (χ4n) is 3.35. The number of carbonyl (C=O) groups excluding carboxylic acids is 2. The van der Waals surface area contributed by atoms with Gasteiger partial charge in [-0.3, -0.25) is 9.78 Å². The zero-order valence-electron chi connectivity index (χ0n) is 18.2. The summed E-state index contributed by atoms with van der Waals surface area (Å²) in [4.78, 5) is 28.7. The second-order valence-electron chi connectivity index (χ2n) is 7.06. The van der Waals surface area contributed by atoms with Crippen LogP contribution < -0.4 is 44.7 Å². The summed E-state index contributed by atoms with van der Waals surface area (Å²) in [5.74, 6) is -1.19. The van der Waals surface area contributed by atoms with Crippen molar-refractivity contribution in [3.63, 3.8) is 0 Å². The van der Waals surface area contributed by atoms with Crippen LogP contribution in [0.1, 0.15) is 20.7 Å². The molecule has 7 heteroatoms. The molecule has 0 aliphatic rings. The fourth-order valence-corrected chi connectivity index (χ4v) is 3.35. The minimum Gasteiger partial charge on any atom is -0.545 e. The van der Waals surface area contributed by atoms with E-state index >= 15 is 0 Å². The standard InChI is InChI=1S/C26H20N2O4.Na/c1-32-22-9-5-8-18(13-22)19-10-11-23(26(30)31)24(14-19)28-25(29)21-12-20(15-27-16-21)17-6-3-2-4-7-17;/h2-16H,1H3,(H,28,29)(H,30,31);/q;+1/p-1. The van der Waals surface area contributed by atoms with E-state index in [9.17, 15) is 14.7 Å². The summed E-state index contributed by atoms with van der Waals surface area (Å²) >= 11 is 0. The van der Waals surface area contributed by atoms with Crippen LogP contribution in [0.4, 0.5) is 5.69 Å². The smallest absolute Gasteiger partial charge is 0.545 e. The van der Waals surface area contributed by atoms with E-state index < -0.39 is 11.9 Å². The summed E-state index contributed by atoms with van der Waals surface area (Å²) in [6, 6.07) is 23.3. The van der Waals surface area contributed by atoms with Crippen LogP contribution in [0.5, 0.6) is 5.75 Å². The van der Waals surface area contributed by atoms with Gasteiger partial charge in [-0.1, -0.05) is 54.6 Å². The van der Waals surface area contributed by atoms with E-state index in [0.29, 0.717) is 11.3 Å². The number of hydrogen-bond donors (Lipinski definition) is 1. The van der Waals surface area contributed by atoms with Crippen LogP contribution in [0, 0.1) is 0 Å². The molecule has 0 saturated heterocycles. The maximum atomic E-state index is 12.9. The molecule has 4 rings (SSSR count). The van der Waals surface area contributed by atoms with Crippen LogP contribution >= 0.6 is 0 Å². The molecule has 0 spiro atoms. The van der Waals surface area contributed by atoms with E-state index in [0.717, 1.165) is 22.3 Å². The molecule has 0 aliphatic carbocycles. The molecule has 1 heterocycles. The Bertz CT molecular complexity index is 1290. The average Bonchev–Trinajstić information content (AvgIpc) is 2.84. The largest absolute Gasteiger partial charge is 1.00 e. The van der Waals surface area contributed by atoms with Gasteiger partial charge in [-0.2, -0.15) is 0 Å². The van der Waals surface area contributed by atoms with Crippen LogP contribution in [0.2, 0.25) is 0 Å². The van der Waals surface area contributed by atoms with Gasteiger partial charge < -0.3 is 20.0 Å². The van der Waals surface area contributed by atoms with Gasteiger partial charge in [0.1, 0.15) is 5.75 Å². The first kappa shape index (κ1) is 24.2. The van der Waals surface area contributed by atoms with Crippen molar-refractivity contribution in [2.24, 2.45) is 0 Å². The number of nitrogens with zero attached hydrogens (tertiary/aromatic N) is 1. The summed E-state index contributed by atoms with van der Waals surface area (Å²) < 4.78 is 5.26. The van der Waals surface area contributed by atoms with E-state index in [2.05, 4.69) is 10.3 Å². The summed E-state index contributed by atoms with van der Waals surface area (Å²) in [6.45, 7) is 0. The number of benzene rings is 3. The molecule has 33 heavy (non-hydrogen) atoms. The van der Waals surface area contributed by atoms with Gasteiger partial charge in [-0.25, -0.2) is 0 Å². The van der Waals surface area contributed by atoms with Gasteiger partial charge in [-0.15, -0.1) is 0 Å². The Kier molecular flexibility index (Phi) is 8.01. The number of methoxy groups -OCH3 is 1. The van der Waals surface area contributed by atoms with Crippen molar-refractivity contribution >= 4 is 17.6 Å². The van der Waals surface area contributed by atoms with Crippen LogP contribution in [-0.4, -0.2) is 24.0 Å². The summed E-state index contributed by atoms with van der Waals surface area (Å²) in [6.07, 6.45) is 3.11. The van der Waals surface area contributed by atoms with Gasteiger partial charge in [0.2, 0.25) is 0 Å². The topological polar surface area (TPSA) is 91.4 Å². The zero-order valence-corrected chi connectivity index (χ0v) is 20.2. The van der Waals surface area contributed by atoms with Gasteiger partial charge in [0.15, 0.2) is 0 Å². The van der Waals surface area contributed by atoms with Crippen LogP contribution in [0.15, 0.2) is 91.3 Å².